The maximum atomic E-state index is 5.76. The lowest BCUT2D eigenvalue weighted by Gasteiger charge is -2.24. The summed E-state index contributed by atoms with van der Waals surface area (Å²) in [5.74, 6) is 0. The van der Waals surface area contributed by atoms with Crippen LogP contribution in [0.15, 0.2) is 4.60 Å². The average Bonchev–Trinajstić information content (AvgIpc) is 2.48. The monoisotopic (exact) mass is 290 g/mol. The van der Waals surface area contributed by atoms with Gasteiger partial charge in [0.05, 0.1) is 23.9 Å². The molecule has 1 aromatic heterocycles. The van der Waals surface area contributed by atoms with Gasteiger partial charge in [-0.15, -0.1) is 5.10 Å². The molecule has 16 heavy (non-hydrogen) atoms. The summed E-state index contributed by atoms with van der Waals surface area (Å²) in [6.45, 7) is 6.70. The van der Waals surface area contributed by atoms with Crippen molar-refractivity contribution in [2.75, 3.05) is 13.7 Å². The molecule has 0 aliphatic carbocycles. The predicted octanol–water partition coefficient (Wildman–Crippen LogP) is 1.65. The molecule has 0 amide bonds. The van der Waals surface area contributed by atoms with E-state index in [1.807, 2.05) is 34.9 Å². The molecule has 0 spiro atoms. The number of hydrogen-bond donors (Lipinski definition) is 1. The van der Waals surface area contributed by atoms with Crippen molar-refractivity contribution < 1.29 is 4.74 Å². The van der Waals surface area contributed by atoms with E-state index in [1.54, 1.807) is 4.68 Å². The van der Waals surface area contributed by atoms with Crippen LogP contribution in [-0.4, -0.2) is 34.2 Å². The van der Waals surface area contributed by atoms with E-state index < -0.39 is 0 Å². The van der Waals surface area contributed by atoms with Gasteiger partial charge in [0.1, 0.15) is 0 Å². The molecule has 0 aromatic carbocycles. The molecule has 1 rings (SSSR count). The van der Waals surface area contributed by atoms with E-state index in [1.165, 1.54) is 0 Å². The first-order valence-electron chi connectivity index (χ1n) is 5.21. The Labute approximate surface area is 105 Å². The molecule has 1 atom stereocenters. The highest BCUT2D eigenvalue weighted by Gasteiger charge is 2.21. The summed E-state index contributed by atoms with van der Waals surface area (Å²) in [4.78, 5) is 0. The molecule has 1 heterocycles. The number of aromatic nitrogens is 3. The zero-order chi connectivity index (χ0) is 12.3. The number of nitrogens with zero attached hydrogens (tertiary/aromatic N) is 3. The molecule has 6 heteroatoms. The fraction of sp³-hybridized carbons (Fsp3) is 0.800. The molecule has 92 valence electrons. The molecule has 0 fully saturated rings. The van der Waals surface area contributed by atoms with Gasteiger partial charge >= 0.3 is 0 Å². The summed E-state index contributed by atoms with van der Waals surface area (Å²) < 4.78 is 8.27. The second-order valence-electron chi connectivity index (χ2n) is 4.65. The van der Waals surface area contributed by atoms with Crippen LogP contribution in [0.5, 0.6) is 0 Å². The number of rotatable bonds is 4. The van der Waals surface area contributed by atoms with Crippen molar-refractivity contribution in [3.8, 4) is 0 Å². The maximum Gasteiger partial charge on any atom is 0.153 e. The van der Waals surface area contributed by atoms with E-state index in [9.17, 15) is 0 Å². The molecule has 0 saturated carbocycles. The summed E-state index contributed by atoms with van der Waals surface area (Å²) in [6, 6.07) is 0.0774. The Balaban J connectivity index is 2.75. The number of nitrogens with one attached hydrogen (secondary N) is 1. The van der Waals surface area contributed by atoms with Crippen LogP contribution in [0.2, 0.25) is 0 Å². The van der Waals surface area contributed by atoms with Crippen LogP contribution in [0.25, 0.3) is 0 Å². The minimum Gasteiger partial charge on any atom is -0.374 e. The first-order chi connectivity index (χ1) is 7.35. The smallest absolute Gasteiger partial charge is 0.153 e. The van der Waals surface area contributed by atoms with Gasteiger partial charge in [0.25, 0.3) is 0 Å². The van der Waals surface area contributed by atoms with Gasteiger partial charge in [-0.25, -0.2) is 4.68 Å². The van der Waals surface area contributed by atoms with Crippen molar-refractivity contribution in [2.24, 2.45) is 7.05 Å². The van der Waals surface area contributed by atoms with Crippen molar-refractivity contribution in [3.05, 3.63) is 10.3 Å². The molecular formula is C10H19BrN4O. The van der Waals surface area contributed by atoms with Gasteiger partial charge in [-0.3, -0.25) is 0 Å². The Morgan fingerprint density at radius 3 is 2.50 bits per heavy atom. The summed E-state index contributed by atoms with van der Waals surface area (Å²) >= 11 is 3.39. The highest BCUT2D eigenvalue weighted by Crippen LogP contribution is 2.22. The molecular weight excluding hydrogens is 272 g/mol. The van der Waals surface area contributed by atoms with Gasteiger partial charge < -0.3 is 10.1 Å². The number of likely N-dealkylation sites (N-methyl/N-ethyl adjacent to an activating group) is 1. The van der Waals surface area contributed by atoms with Gasteiger partial charge in [-0.05, 0) is 43.7 Å². The molecule has 1 N–H and O–H groups in total. The lowest BCUT2D eigenvalue weighted by molar-refractivity contribution is -0.0149. The van der Waals surface area contributed by atoms with Crippen LogP contribution >= 0.6 is 15.9 Å². The number of ether oxygens (including phenoxy) is 1. The van der Waals surface area contributed by atoms with Crippen molar-refractivity contribution in [3.63, 3.8) is 0 Å². The van der Waals surface area contributed by atoms with Crippen LogP contribution in [0.4, 0.5) is 0 Å². The highest BCUT2D eigenvalue weighted by atomic mass is 79.9. The number of aryl methyl sites for hydroxylation is 1. The fourth-order valence-corrected chi connectivity index (χ4v) is 1.94. The molecule has 0 aliphatic heterocycles. The fourth-order valence-electron chi connectivity index (χ4n) is 1.34. The Bertz CT molecular complexity index is 326. The highest BCUT2D eigenvalue weighted by molar-refractivity contribution is 9.10. The summed E-state index contributed by atoms with van der Waals surface area (Å²) in [6.07, 6.45) is 0. The first kappa shape index (κ1) is 13.6. The van der Waals surface area contributed by atoms with E-state index in [0.29, 0.717) is 6.61 Å². The minimum atomic E-state index is -0.145. The third kappa shape index (κ3) is 3.54. The Hall–Kier alpha value is -0.460. The van der Waals surface area contributed by atoms with Crippen molar-refractivity contribution in [1.82, 2.24) is 20.3 Å². The number of hydrogen-bond acceptors (Lipinski definition) is 4. The molecule has 1 aromatic rings. The Morgan fingerprint density at radius 1 is 1.50 bits per heavy atom. The lowest BCUT2D eigenvalue weighted by Crippen LogP contribution is -2.29. The van der Waals surface area contributed by atoms with Crippen LogP contribution < -0.4 is 5.32 Å². The van der Waals surface area contributed by atoms with Crippen LogP contribution in [0.1, 0.15) is 32.5 Å². The Morgan fingerprint density at radius 2 is 2.12 bits per heavy atom. The molecule has 0 bridgehead atoms. The first-order valence-corrected chi connectivity index (χ1v) is 6.00. The zero-order valence-electron chi connectivity index (χ0n) is 10.4. The minimum absolute atomic E-state index is 0.0774. The molecule has 0 saturated heterocycles. The van der Waals surface area contributed by atoms with Gasteiger partial charge in [0.15, 0.2) is 4.60 Å². The van der Waals surface area contributed by atoms with Gasteiger partial charge in [0.2, 0.25) is 0 Å². The summed E-state index contributed by atoms with van der Waals surface area (Å²) in [7, 11) is 3.77. The van der Waals surface area contributed by atoms with Crippen LogP contribution in [0.3, 0.4) is 0 Å². The molecule has 5 nitrogen and oxygen atoms in total. The van der Waals surface area contributed by atoms with Crippen molar-refractivity contribution in [1.29, 1.82) is 0 Å². The normalized spacial score (nSPS) is 14.1. The molecule has 0 radical (unpaired) electrons. The maximum absolute atomic E-state index is 5.76. The van der Waals surface area contributed by atoms with Crippen LogP contribution in [-0.2, 0) is 11.8 Å². The molecule has 0 aliphatic rings. The van der Waals surface area contributed by atoms with Crippen molar-refractivity contribution >= 4 is 15.9 Å². The summed E-state index contributed by atoms with van der Waals surface area (Å²) in [5.41, 5.74) is 0.847. The van der Waals surface area contributed by atoms with E-state index in [-0.39, 0.29) is 11.6 Å². The van der Waals surface area contributed by atoms with Crippen LogP contribution in [0, 0.1) is 0 Å². The van der Waals surface area contributed by atoms with E-state index in [4.69, 9.17) is 4.74 Å². The van der Waals surface area contributed by atoms with Crippen molar-refractivity contribution in [2.45, 2.75) is 32.4 Å². The second kappa shape index (κ2) is 5.25. The van der Waals surface area contributed by atoms with E-state index in [2.05, 4.69) is 31.6 Å². The van der Waals surface area contributed by atoms with E-state index in [0.717, 1.165) is 10.3 Å². The second-order valence-corrected chi connectivity index (χ2v) is 5.40. The summed E-state index contributed by atoms with van der Waals surface area (Å²) in [5, 5.41) is 11.1. The Kier molecular flexibility index (Phi) is 4.46. The van der Waals surface area contributed by atoms with Gasteiger partial charge in [0, 0.05) is 7.05 Å². The zero-order valence-corrected chi connectivity index (χ0v) is 12.0. The topological polar surface area (TPSA) is 52.0 Å². The van der Waals surface area contributed by atoms with Gasteiger partial charge in [-0.1, -0.05) is 5.21 Å². The third-order valence-electron chi connectivity index (χ3n) is 2.19. The quantitative estimate of drug-likeness (QED) is 0.916. The molecule has 1 unspecified atom stereocenters. The standard InChI is InChI=1S/C10H19BrN4O/c1-10(2,3)16-6-7(12-4)8-9(11)13-14-15(8)5/h7,12H,6H2,1-5H3. The third-order valence-corrected chi connectivity index (χ3v) is 2.75. The van der Waals surface area contributed by atoms with E-state index >= 15 is 0 Å². The SMILES string of the molecule is CNC(COC(C)(C)C)c1c(Br)nnn1C. The lowest BCUT2D eigenvalue weighted by atomic mass is 10.2. The van der Waals surface area contributed by atoms with Gasteiger partial charge in [-0.2, -0.15) is 0 Å². The predicted molar refractivity (Wildman–Crippen MR) is 66.2 cm³/mol. The number of halogens is 1. The average molecular weight is 291 g/mol. The largest absolute Gasteiger partial charge is 0.374 e.